The lowest BCUT2D eigenvalue weighted by Gasteiger charge is -2.31. The molecule has 1 aliphatic rings. The molecule has 1 aliphatic heterocycles. The number of esters is 1. The second-order valence-corrected chi connectivity index (χ2v) is 6.02. The largest absolute Gasteiger partial charge is 0.458 e. The van der Waals surface area contributed by atoms with Gasteiger partial charge in [-0.15, -0.1) is 0 Å². The number of hydrogen-bond acceptors (Lipinski definition) is 5. The molecule has 2 unspecified atom stereocenters. The Kier molecular flexibility index (Phi) is 8.43. The Labute approximate surface area is 135 Å². The average molecular weight is 312 g/mol. The lowest BCUT2D eigenvalue weighted by Crippen LogP contribution is -2.47. The summed E-state index contributed by atoms with van der Waals surface area (Å²) in [7, 11) is 5.99. The molecule has 0 aromatic carbocycles. The predicted octanol–water partition coefficient (Wildman–Crippen LogP) is 2.20. The Balaban J connectivity index is 2.71. The van der Waals surface area contributed by atoms with Crippen LogP contribution >= 0.6 is 0 Å². The zero-order chi connectivity index (χ0) is 16.6. The normalized spacial score (nSPS) is 31.4. The minimum absolute atomic E-state index is 0.370. The van der Waals surface area contributed by atoms with Gasteiger partial charge in [-0.05, 0) is 19.8 Å². The van der Waals surface area contributed by atoms with Crippen LogP contribution in [-0.4, -0.2) is 57.4 Å². The summed E-state index contributed by atoms with van der Waals surface area (Å²) in [5.74, 6) is -0.385. The van der Waals surface area contributed by atoms with Crippen LogP contribution in [0.5, 0.6) is 0 Å². The van der Waals surface area contributed by atoms with Crippen molar-refractivity contribution in [1.29, 1.82) is 0 Å². The van der Waals surface area contributed by atoms with E-state index in [4.69, 9.17) is 26.8 Å². The fraction of sp³-hybridized carbons (Fsp3) is 0.938. The van der Waals surface area contributed by atoms with Crippen molar-refractivity contribution in [3.05, 3.63) is 0 Å². The van der Waals surface area contributed by atoms with Gasteiger partial charge < -0.3 is 18.9 Å². The van der Waals surface area contributed by atoms with Gasteiger partial charge in [-0.2, -0.15) is 0 Å². The third kappa shape index (κ3) is 5.56. The van der Waals surface area contributed by atoms with Crippen LogP contribution in [0.1, 0.15) is 53.4 Å². The molecule has 126 valence electrons. The average Bonchev–Trinajstić information content (AvgIpc) is 2.67. The molecule has 0 spiro atoms. The van der Waals surface area contributed by atoms with Gasteiger partial charge >= 0.3 is 5.97 Å². The molecular weight excluding hydrogens is 283 g/mol. The lowest BCUT2D eigenvalue weighted by atomic mass is 9.89. The zero-order valence-corrected chi connectivity index (χ0v) is 14.3. The summed E-state index contributed by atoms with van der Waals surface area (Å²) in [6.45, 7) is 9.10. The Morgan fingerprint density at radius 1 is 1.23 bits per heavy atom. The van der Waals surface area contributed by atoms with E-state index in [1.165, 1.54) is 6.92 Å². The molecule has 22 heavy (non-hydrogen) atoms. The second-order valence-electron chi connectivity index (χ2n) is 6.02. The molecule has 0 N–H and O–H groups in total. The van der Waals surface area contributed by atoms with Gasteiger partial charge in [-0.25, -0.2) is 0 Å². The maximum Gasteiger partial charge on any atom is 0.303 e. The van der Waals surface area contributed by atoms with Crippen LogP contribution in [0, 0.1) is 0 Å². The molecule has 1 fully saturated rings. The third-order valence-corrected chi connectivity index (χ3v) is 3.76. The van der Waals surface area contributed by atoms with Crippen molar-refractivity contribution in [1.82, 2.24) is 0 Å². The van der Waals surface area contributed by atoms with Crippen LogP contribution in [0.2, 0.25) is 0 Å². The summed E-state index contributed by atoms with van der Waals surface area (Å²) in [5, 5.41) is 0. The van der Waals surface area contributed by atoms with Gasteiger partial charge in [-0.1, -0.05) is 26.7 Å². The first kappa shape index (κ1) is 19.5. The molecule has 5 nitrogen and oxygen atoms in total. The van der Waals surface area contributed by atoms with E-state index in [2.05, 4.69) is 13.8 Å². The molecule has 4 atom stereocenters. The molecule has 0 bridgehead atoms. The van der Waals surface area contributed by atoms with Crippen LogP contribution in [0.15, 0.2) is 0 Å². The van der Waals surface area contributed by atoms with Crippen molar-refractivity contribution in [2.75, 3.05) is 19.8 Å². The quantitative estimate of drug-likeness (QED) is 0.352. The van der Waals surface area contributed by atoms with Crippen LogP contribution < -0.4 is 0 Å². The van der Waals surface area contributed by atoms with Gasteiger partial charge in [-0.3, -0.25) is 4.79 Å². The van der Waals surface area contributed by atoms with Gasteiger partial charge in [0.05, 0.1) is 12.6 Å². The van der Waals surface area contributed by atoms with E-state index in [1.807, 2.05) is 6.92 Å². The standard InChI is InChI=1S/C16H29BO5/c1-5-7-9-19-11-16(4)14(20-10-8-6-2)13(15(17)22-16)21-12(3)18/h13-15H,5-11H2,1-4H3/t13?,14?,15-,16-/m1/s1. The number of hydrogen-bond donors (Lipinski definition) is 0. The van der Waals surface area contributed by atoms with E-state index in [1.54, 1.807) is 0 Å². The lowest BCUT2D eigenvalue weighted by molar-refractivity contribution is -0.156. The SMILES string of the molecule is [B][C@@H]1O[C@](C)(COCCCC)C(OCCCC)C1OC(C)=O. The number of ether oxygens (including phenoxy) is 4. The van der Waals surface area contributed by atoms with Crippen molar-refractivity contribution in [2.45, 2.75) is 77.2 Å². The first-order valence-corrected chi connectivity index (χ1v) is 8.24. The number of carbonyl (C=O) groups is 1. The van der Waals surface area contributed by atoms with E-state index in [0.29, 0.717) is 19.8 Å². The zero-order valence-electron chi connectivity index (χ0n) is 14.3. The van der Waals surface area contributed by atoms with Gasteiger partial charge in [0.25, 0.3) is 0 Å². The Morgan fingerprint density at radius 3 is 2.45 bits per heavy atom. The molecule has 0 saturated carbocycles. The molecule has 0 amide bonds. The van der Waals surface area contributed by atoms with Gasteiger partial charge in [0.1, 0.15) is 25.7 Å². The fourth-order valence-electron chi connectivity index (χ4n) is 2.55. The molecule has 1 rings (SSSR count). The monoisotopic (exact) mass is 312 g/mol. The first-order valence-electron chi connectivity index (χ1n) is 8.24. The van der Waals surface area contributed by atoms with E-state index in [0.717, 1.165) is 25.7 Å². The third-order valence-electron chi connectivity index (χ3n) is 3.76. The minimum Gasteiger partial charge on any atom is -0.458 e. The van der Waals surface area contributed by atoms with E-state index in [9.17, 15) is 4.79 Å². The molecule has 1 saturated heterocycles. The van der Waals surface area contributed by atoms with Gasteiger partial charge in [0.2, 0.25) is 0 Å². The van der Waals surface area contributed by atoms with Crippen molar-refractivity contribution in [3.63, 3.8) is 0 Å². The Bertz CT molecular complexity index is 338. The summed E-state index contributed by atoms with van der Waals surface area (Å²) >= 11 is 0. The second kappa shape index (κ2) is 9.53. The summed E-state index contributed by atoms with van der Waals surface area (Å²) in [4.78, 5) is 11.3. The van der Waals surface area contributed by atoms with Gasteiger partial charge in [0, 0.05) is 20.1 Å². The number of unbranched alkanes of at least 4 members (excludes halogenated alkanes) is 2. The molecule has 1 heterocycles. The van der Waals surface area contributed by atoms with Crippen molar-refractivity contribution >= 4 is 13.8 Å². The highest BCUT2D eigenvalue weighted by atomic mass is 16.6. The summed E-state index contributed by atoms with van der Waals surface area (Å²) < 4.78 is 22.8. The molecule has 0 aromatic rings. The molecular formula is C16H29BO5. The molecule has 2 radical (unpaired) electrons. The maximum atomic E-state index is 11.3. The van der Waals surface area contributed by atoms with Crippen LogP contribution in [0.3, 0.4) is 0 Å². The van der Waals surface area contributed by atoms with Crippen LogP contribution in [-0.2, 0) is 23.7 Å². The highest BCUT2D eigenvalue weighted by molar-refractivity contribution is 6.11. The number of rotatable bonds is 10. The highest BCUT2D eigenvalue weighted by Gasteiger charge is 2.53. The molecule has 0 aliphatic carbocycles. The van der Waals surface area contributed by atoms with Crippen molar-refractivity contribution < 1.29 is 23.7 Å². The summed E-state index contributed by atoms with van der Waals surface area (Å²) in [5.41, 5.74) is -0.707. The van der Waals surface area contributed by atoms with Crippen LogP contribution in [0.4, 0.5) is 0 Å². The topological polar surface area (TPSA) is 54.0 Å². The van der Waals surface area contributed by atoms with Crippen molar-refractivity contribution in [2.24, 2.45) is 0 Å². The van der Waals surface area contributed by atoms with E-state index in [-0.39, 0.29) is 5.97 Å². The molecule has 0 aromatic heterocycles. The van der Waals surface area contributed by atoms with Crippen molar-refractivity contribution in [3.8, 4) is 0 Å². The van der Waals surface area contributed by atoms with E-state index < -0.39 is 23.8 Å². The fourth-order valence-corrected chi connectivity index (χ4v) is 2.55. The summed E-state index contributed by atoms with van der Waals surface area (Å²) in [6, 6.07) is -0.699. The predicted molar refractivity (Wildman–Crippen MR) is 85.0 cm³/mol. The smallest absolute Gasteiger partial charge is 0.303 e. The molecule has 6 heteroatoms. The Hall–Kier alpha value is -0.585. The summed E-state index contributed by atoms with van der Waals surface area (Å²) in [6.07, 6.45) is 3.02. The number of carbonyl (C=O) groups excluding carboxylic acids is 1. The van der Waals surface area contributed by atoms with Gasteiger partial charge in [0.15, 0.2) is 0 Å². The van der Waals surface area contributed by atoms with Crippen LogP contribution in [0.25, 0.3) is 0 Å². The van der Waals surface area contributed by atoms with E-state index >= 15 is 0 Å². The highest BCUT2D eigenvalue weighted by Crippen LogP contribution is 2.34. The maximum absolute atomic E-state index is 11.3. The minimum atomic E-state index is -0.707. The Morgan fingerprint density at radius 2 is 1.86 bits per heavy atom. The first-order chi connectivity index (χ1) is 10.4.